The third-order valence-electron chi connectivity index (χ3n) is 6.24. The van der Waals surface area contributed by atoms with Crippen molar-refractivity contribution in [3.8, 4) is 0 Å². The van der Waals surface area contributed by atoms with Crippen LogP contribution in [0.1, 0.15) is 45.5 Å². The number of fused-ring (bicyclic) bond motifs is 1. The number of H-pyrrole nitrogens is 1. The lowest BCUT2D eigenvalue weighted by atomic mass is 10.1. The second-order valence-corrected chi connectivity index (χ2v) is 9.82. The SMILES string of the molecule is CC(NC(=O)c1ccc2[nH]nc(NC(=O)c3ccc(N4CCN[C@H](C)C4)cc3)c2c1)c1cccs1. The number of thiophene rings is 1. The molecule has 0 saturated carbocycles. The van der Waals surface area contributed by atoms with Crippen LogP contribution in [0.2, 0.25) is 0 Å². The average Bonchev–Trinajstić information content (AvgIpc) is 3.55. The van der Waals surface area contributed by atoms with Gasteiger partial charge in [-0.2, -0.15) is 5.10 Å². The molecule has 35 heavy (non-hydrogen) atoms. The molecule has 4 N–H and O–H groups in total. The van der Waals surface area contributed by atoms with Gasteiger partial charge in [-0.15, -0.1) is 11.3 Å². The number of carbonyl (C=O) groups is 2. The van der Waals surface area contributed by atoms with Gasteiger partial charge in [0.1, 0.15) is 0 Å². The Kier molecular flexibility index (Phi) is 6.52. The molecule has 180 valence electrons. The van der Waals surface area contributed by atoms with Crippen molar-refractivity contribution in [2.24, 2.45) is 0 Å². The minimum atomic E-state index is -0.250. The molecule has 2 atom stereocenters. The molecular formula is C26H28N6O2S. The molecule has 4 aromatic rings. The molecule has 1 unspecified atom stereocenters. The van der Waals surface area contributed by atoms with Gasteiger partial charge in [0.05, 0.1) is 11.6 Å². The van der Waals surface area contributed by atoms with Gasteiger partial charge >= 0.3 is 0 Å². The highest BCUT2D eigenvalue weighted by molar-refractivity contribution is 7.10. The fraction of sp³-hybridized carbons (Fsp3) is 0.269. The van der Waals surface area contributed by atoms with Crippen molar-refractivity contribution in [3.63, 3.8) is 0 Å². The summed E-state index contributed by atoms with van der Waals surface area (Å²) in [5, 5.41) is 19.2. The average molecular weight is 489 g/mol. The van der Waals surface area contributed by atoms with Crippen molar-refractivity contribution in [1.29, 1.82) is 0 Å². The van der Waals surface area contributed by atoms with E-state index in [-0.39, 0.29) is 17.9 Å². The molecule has 0 spiro atoms. The van der Waals surface area contributed by atoms with Gasteiger partial charge in [-0.25, -0.2) is 0 Å². The minimum Gasteiger partial charge on any atom is -0.369 e. The highest BCUT2D eigenvalue weighted by Gasteiger charge is 2.18. The largest absolute Gasteiger partial charge is 0.369 e. The van der Waals surface area contributed by atoms with E-state index < -0.39 is 0 Å². The van der Waals surface area contributed by atoms with Crippen LogP contribution in [0.25, 0.3) is 10.9 Å². The fourth-order valence-electron chi connectivity index (χ4n) is 4.31. The van der Waals surface area contributed by atoms with E-state index in [0.717, 1.165) is 35.7 Å². The van der Waals surface area contributed by atoms with Gasteiger partial charge in [0.25, 0.3) is 11.8 Å². The molecule has 0 radical (unpaired) electrons. The summed E-state index contributed by atoms with van der Waals surface area (Å²) in [5.74, 6) is -0.0325. The first kappa shape index (κ1) is 23.1. The highest BCUT2D eigenvalue weighted by Crippen LogP contribution is 2.24. The van der Waals surface area contributed by atoms with E-state index in [1.807, 2.05) is 48.7 Å². The molecule has 2 aromatic carbocycles. The smallest absolute Gasteiger partial charge is 0.256 e. The first-order valence-corrected chi connectivity index (χ1v) is 12.6. The normalized spacial score (nSPS) is 16.7. The molecule has 5 rings (SSSR count). The predicted molar refractivity (Wildman–Crippen MR) is 140 cm³/mol. The summed E-state index contributed by atoms with van der Waals surface area (Å²) in [6.45, 7) is 6.95. The monoisotopic (exact) mass is 488 g/mol. The third kappa shape index (κ3) is 5.06. The van der Waals surface area contributed by atoms with Crippen molar-refractivity contribution < 1.29 is 9.59 Å². The number of amides is 2. The number of benzene rings is 2. The number of piperazine rings is 1. The molecule has 8 nitrogen and oxygen atoms in total. The number of nitrogens with one attached hydrogen (secondary N) is 4. The summed E-state index contributed by atoms with van der Waals surface area (Å²) in [6, 6.07) is 17.2. The van der Waals surface area contributed by atoms with Crippen LogP contribution in [0.3, 0.4) is 0 Å². The van der Waals surface area contributed by atoms with Crippen molar-refractivity contribution in [1.82, 2.24) is 20.8 Å². The zero-order valence-electron chi connectivity index (χ0n) is 19.7. The molecule has 1 fully saturated rings. The van der Waals surface area contributed by atoms with Crippen molar-refractivity contribution in [2.45, 2.75) is 25.9 Å². The molecule has 1 aliphatic rings. The van der Waals surface area contributed by atoms with E-state index in [4.69, 9.17) is 0 Å². The molecule has 0 bridgehead atoms. The van der Waals surface area contributed by atoms with Gasteiger partial charge in [-0.3, -0.25) is 14.7 Å². The Morgan fingerprint density at radius 3 is 2.66 bits per heavy atom. The van der Waals surface area contributed by atoms with Crippen LogP contribution in [0.15, 0.2) is 60.0 Å². The Hall–Kier alpha value is -3.69. The zero-order chi connectivity index (χ0) is 24.4. The number of anilines is 2. The van der Waals surface area contributed by atoms with Gasteiger partial charge in [0.15, 0.2) is 5.82 Å². The predicted octanol–water partition coefficient (Wildman–Crippen LogP) is 4.17. The summed E-state index contributed by atoms with van der Waals surface area (Å²) in [5.41, 5.74) is 2.90. The van der Waals surface area contributed by atoms with Gasteiger partial charge in [0.2, 0.25) is 0 Å². The number of carbonyl (C=O) groups excluding carboxylic acids is 2. The number of aromatic nitrogens is 2. The van der Waals surface area contributed by atoms with Crippen LogP contribution >= 0.6 is 11.3 Å². The summed E-state index contributed by atoms with van der Waals surface area (Å²) in [6.07, 6.45) is 0. The maximum absolute atomic E-state index is 12.9. The standard InChI is InChI=1S/C26H28N6O2S/c1-16-15-32(12-11-27-16)20-8-5-18(6-9-20)25(33)29-24-21-14-19(7-10-22(21)30-31-24)26(34)28-17(2)23-4-3-13-35-23/h3-10,13-14,16-17,27H,11-12,15H2,1-2H3,(H,28,34)(H2,29,30,31,33)/t16-,17?/m1/s1. The summed E-state index contributed by atoms with van der Waals surface area (Å²) in [4.78, 5) is 29.2. The maximum atomic E-state index is 12.9. The van der Waals surface area contributed by atoms with Crippen LogP contribution in [0.4, 0.5) is 11.5 Å². The first-order chi connectivity index (χ1) is 17.0. The Balaban J connectivity index is 1.29. The Morgan fingerprint density at radius 1 is 1.11 bits per heavy atom. The first-order valence-electron chi connectivity index (χ1n) is 11.7. The fourth-order valence-corrected chi connectivity index (χ4v) is 5.04. The molecule has 3 heterocycles. The molecule has 0 aliphatic carbocycles. The number of aromatic amines is 1. The second kappa shape index (κ2) is 9.89. The molecule has 2 amide bonds. The third-order valence-corrected chi connectivity index (χ3v) is 7.29. The van der Waals surface area contributed by atoms with E-state index in [0.29, 0.717) is 28.4 Å². The molecule has 9 heteroatoms. The van der Waals surface area contributed by atoms with Gasteiger partial charge in [0, 0.05) is 52.8 Å². The highest BCUT2D eigenvalue weighted by atomic mass is 32.1. The number of hydrogen-bond acceptors (Lipinski definition) is 6. The summed E-state index contributed by atoms with van der Waals surface area (Å²) >= 11 is 1.61. The molecule has 1 aliphatic heterocycles. The quantitative estimate of drug-likeness (QED) is 0.326. The van der Waals surface area contributed by atoms with Gasteiger partial charge in [-0.05, 0) is 67.8 Å². The van der Waals surface area contributed by atoms with Crippen LogP contribution in [0.5, 0.6) is 0 Å². The second-order valence-electron chi connectivity index (χ2n) is 8.85. The Morgan fingerprint density at radius 2 is 1.91 bits per heavy atom. The van der Waals surface area contributed by atoms with E-state index in [1.165, 1.54) is 0 Å². The van der Waals surface area contributed by atoms with Crippen molar-refractivity contribution in [3.05, 3.63) is 76.0 Å². The Bertz CT molecular complexity index is 1330. The van der Waals surface area contributed by atoms with E-state index in [9.17, 15) is 9.59 Å². The minimum absolute atomic E-state index is 0.0888. The topological polar surface area (TPSA) is 102 Å². The van der Waals surface area contributed by atoms with Crippen LogP contribution in [-0.2, 0) is 0 Å². The number of hydrogen-bond donors (Lipinski definition) is 4. The molecule has 2 aromatic heterocycles. The van der Waals surface area contributed by atoms with Crippen molar-refractivity contribution in [2.75, 3.05) is 29.9 Å². The van der Waals surface area contributed by atoms with E-state index >= 15 is 0 Å². The van der Waals surface area contributed by atoms with E-state index in [1.54, 1.807) is 29.5 Å². The lowest BCUT2D eigenvalue weighted by Gasteiger charge is -2.33. The van der Waals surface area contributed by atoms with Crippen molar-refractivity contribution >= 4 is 45.6 Å². The lowest BCUT2D eigenvalue weighted by Crippen LogP contribution is -2.49. The Labute approximate surface area is 207 Å². The summed E-state index contributed by atoms with van der Waals surface area (Å²) < 4.78 is 0. The number of rotatable bonds is 6. The van der Waals surface area contributed by atoms with Crippen LogP contribution in [0, 0.1) is 0 Å². The summed E-state index contributed by atoms with van der Waals surface area (Å²) in [7, 11) is 0. The van der Waals surface area contributed by atoms with Crippen LogP contribution < -0.4 is 20.9 Å². The van der Waals surface area contributed by atoms with Gasteiger partial charge < -0.3 is 20.9 Å². The lowest BCUT2D eigenvalue weighted by molar-refractivity contribution is 0.0940. The molecule has 1 saturated heterocycles. The maximum Gasteiger partial charge on any atom is 0.256 e. The van der Waals surface area contributed by atoms with Crippen LogP contribution in [-0.4, -0.2) is 47.7 Å². The molecular weight excluding hydrogens is 460 g/mol. The number of nitrogens with zero attached hydrogens (tertiary/aromatic N) is 2. The van der Waals surface area contributed by atoms with Gasteiger partial charge in [-0.1, -0.05) is 6.07 Å². The van der Waals surface area contributed by atoms with E-state index in [2.05, 4.69) is 38.0 Å². The zero-order valence-corrected chi connectivity index (χ0v) is 20.5.